The van der Waals surface area contributed by atoms with Crippen LogP contribution in [-0.2, 0) is 23.7 Å². The molecular weight excluding hydrogens is 715 g/mol. The average Bonchev–Trinajstić information content (AvgIpc) is 3.21. The van der Waals surface area contributed by atoms with Gasteiger partial charge in [-0.05, 0) is 82.2 Å². The van der Waals surface area contributed by atoms with Crippen LogP contribution in [0.2, 0.25) is 0 Å². The molecule has 8 nitrogen and oxygen atoms in total. The largest absolute Gasteiger partial charge is 0.465 e. The van der Waals surface area contributed by atoms with Crippen molar-refractivity contribution in [1.29, 1.82) is 0 Å². The SMILES string of the molecule is CCCCC(CCCC)CCOC(CCOC(O)CCCCCN(CCO)CCCCCCCC(=O)OCC(CC)CCCC)OCCC(CCCC)CCCC. The van der Waals surface area contributed by atoms with Crippen molar-refractivity contribution in [2.24, 2.45) is 17.8 Å². The van der Waals surface area contributed by atoms with Gasteiger partial charge in [0.25, 0.3) is 0 Å². The summed E-state index contributed by atoms with van der Waals surface area (Å²) >= 11 is 0. The van der Waals surface area contributed by atoms with E-state index in [2.05, 4.69) is 46.4 Å². The van der Waals surface area contributed by atoms with E-state index in [1.54, 1.807) is 0 Å². The van der Waals surface area contributed by atoms with Crippen LogP contribution in [0.4, 0.5) is 0 Å². The molecule has 0 saturated heterocycles. The molecule has 2 N–H and O–H groups in total. The number of nitrogens with zero attached hydrogens (tertiary/aromatic N) is 1. The van der Waals surface area contributed by atoms with Crippen LogP contribution < -0.4 is 0 Å². The standard InChI is InChI=1S/C49H99NO7/c1-7-13-26-44(12-6)43-57-48(53)32-22-19-18-20-24-36-50(38-39-51)37-25-21-23-31-47(52)54-42-35-49(55-40-33-45(27-14-8-2)28-15-9-3)56-41-34-46(29-16-10-4)30-17-11-5/h44-47,49,51-52H,7-43H2,1-6H3. The van der Waals surface area contributed by atoms with Gasteiger partial charge in [0.1, 0.15) is 0 Å². The van der Waals surface area contributed by atoms with E-state index in [1.807, 2.05) is 0 Å². The molecule has 0 aromatic rings. The molecule has 0 saturated carbocycles. The minimum atomic E-state index is -0.764. The van der Waals surface area contributed by atoms with Crippen LogP contribution in [0.3, 0.4) is 0 Å². The van der Waals surface area contributed by atoms with Gasteiger partial charge in [-0.25, -0.2) is 0 Å². The van der Waals surface area contributed by atoms with E-state index >= 15 is 0 Å². The highest BCUT2D eigenvalue weighted by atomic mass is 16.7. The van der Waals surface area contributed by atoms with Gasteiger partial charge in [-0.1, -0.05) is 164 Å². The zero-order chi connectivity index (χ0) is 42.0. The topological polar surface area (TPSA) is 97.7 Å². The summed E-state index contributed by atoms with van der Waals surface area (Å²) in [6.45, 7) is 18.8. The molecule has 342 valence electrons. The smallest absolute Gasteiger partial charge is 0.305 e. The molecule has 57 heavy (non-hydrogen) atoms. The van der Waals surface area contributed by atoms with Crippen LogP contribution in [0, 0.1) is 17.8 Å². The van der Waals surface area contributed by atoms with Gasteiger partial charge in [0, 0.05) is 32.6 Å². The van der Waals surface area contributed by atoms with Crippen molar-refractivity contribution in [2.45, 2.75) is 240 Å². The lowest BCUT2D eigenvalue weighted by molar-refractivity contribution is -0.172. The Kier molecular flexibility index (Phi) is 42.7. The number of carbonyl (C=O) groups is 1. The molecule has 0 aromatic carbocycles. The number of aliphatic hydroxyl groups excluding tert-OH is 2. The summed E-state index contributed by atoms with van der Waals surface area (Å²) in [6, 6.07) is 0. The maximum absolute atomic E-state index is 12.1. The predicted octanol–water partition coefficient (Wildman–Crippen LogP) is 12.8. The molecule has 0 aliphatic rings. The first kappa shape index (κ1) is 56.2. The lowest BCUT2D eigenvalue weighted by atomic mass is 9.93. The number of aliphatic hydroxyl groups is 2. The van der Waals surface area contributed by atoms with Gasteiger partial charge in [-0.15, -0.1) is 0 Å². The first-order valence-electron chi connectivity index (χ1n) is 24.9. The second-order valence-corrected chi connectivity index (χ2v) is 17.2. The van der Waals surface area contributed by atoms with E-state index in [0.717, 1.165) is 115 Å². The summed E-state index contributed by atoms with van der Waals surface area (Å²) < 4.78 is 24.2. The number of hydrogen-bond donors (Lipinski definition) is 2. The van der Waals surface area contributed by atoms with Gasteiger partial charge in [-0.3, -0.25) is 4.79 Å². The summed E-state index contributed by atoms with van der Waals surface area (Å²) in [4.78, 5) is 14.5. The number of rotatable bonds is 46. The first-order valence-corrected chi connectivity index (χ1v) is 24.9. The number of hydrogen-bond acceptors (Lipinski definition) is 8. The van der Waals surface area contributed by atoms with E-state index in [1.165, 1.54) is 89.9 Å². The number of ether oxygens (including phenoxy) is 4. The van der Waals surface area contributed by atoms with Crippen molar-refractivity contribution >= 4 is 5.97 Å². The predicted molar refractivity (Wildman–Crippen MR) is 241 cm³/mol. The number of esters is 1. The fourth-order valence-corrected chi connectivity index (χ4v) is 7.79. The molecule has 0 aliphatic heterocycles. The Morgan fingerprint density at radius 1 is 0.491 bits per heavy atom. The van der Waals surface area contributed by atoms with Crippen molar-refractivity contribution in [3.8, 4) is 0 Å². The number of unbranched alkanes of at least 4 members (excludes halogenated alkanes) is 11. The van der Waals surface area contributed by atoms with Crippen LogP contribution in [0.25, 0.3) is 0 Å². The van der Waals surface area contributed by atoms with Crippen LogP contribution in [-0.4, -0.2) is 86.3 Å². The summed E-state index contributed by atoms with van der Waals surface area (Å²) in [6.07, 6.45) is 31.2. The lowest BCUT2D eigenvalue weighted by Crippen LogP contribution is -2.29. The molecule has 0 heterocycles. The second-order valence-electron chi connectivity index (χ2n) is 17.2. The maximum Gasteiger partial charge on any atom is 0.305 e. The molecule has 2 atom stereocenters. The third-order valence-electron chi connectivity index (χ3n) is 11.9. The third kappa shape index (κ3) is 36.8. The maximum atomic E-state index is 12.1. The summed E-state index contributed by atoms with van der Waals surface area (Å²) in [5, 5.41) is 20.2. The summed E-state index contributed by atoms with van der Waals surface area (Å²) in [7, 11) is 0. The van der Waals surface area contributed by atoms with Crippen LogP contribution in [0.1, 0.15) is 228 Å². The van der Waals surface area contributed by atoms with Gasteiger partial charge in [0.15, 0.2) is 12.6 Å². The van der Waals surface area contributed by atoms with Crippen molar-refractivity contribution in [2.75, 3.05) is 52.7 Å². The Balaban J connectivity index is 4.47. The van der Waals surface area contributed by atoms with Crippen molar-refractivity contribution in [3.05, 3.63) is 0 Å². The molecule has 0 radical (unpaired) electrons. The zero-order valence-corrected chi connectivity index (χ0v) is 38.9. The van der Waals surface area contributed by atoms with Crippen LogP contribution in [0.5, 0.6) is 0 Å². The van der Waals surface area contributed by atoms with Crippen LogP contribution >= 0.6 is 0 Å². The fourth-order valence-electron chi connectivity index (χ4n) is 7.79. The Hall–Kier alpha value is -0.770. The lowest BCUT2D eigenvalue weighted by Gasteiger charge is -2.23. The molecule has 0 rings (SSSR count). The van der Waals surface area contributed by atoms with Gasteiger partial charge >= 0.3 is 5.97 Å². The van der Waals surface area contributed by atoms with Gasteiger partial charge in [0.05, 0.1) is 19.8 Å². The Bertz CT molecular complexity index is 775. The molecule has 0 amide bonds. The van der Waals surface area contributed by atoms with E-state index < -0.39 is 6.29 Å². The second kappa shape index (κ2) is 43.3. The van der Waals surface area contributed by atoms with Gasteiger partial charge in [0.2, 0.25) is 0 Å². The monoisotopic (exact) mass is 814 g/mol. The molecule has 0 bridgehead atoms. The van der Waals surface area contributed by atoms with Gasteiger partial charge in [-0.2, -0.15) is 0 Å². The van der Waals surface area contributed by atoms with E-state index in [9.17, 15) is 15.0 Å². The Morgan fingerprint density at radius 3 is 1.44 bits per heavy atom. The molecule has 0 aromatic heterocycles. The Morgan fingerprint density at radius 2 is 0.947 bits per heavy atom. The van der Waals surface area contributed by atoms with Crippen molar-refractivity contribution < 1.29 is 34.0 Å². The molecule has 2 unspecified atom stereocenters. The quantitative estimate of drug-likeness (QED) is 0.0356. The highest BCUT2D eigenvalue weighted by Gasteiger charge is 2.16. The molecule has 8 heteroatoms. The minimum Gasteiger partial charge on any atom is -0.465 e. The third-order valence-corrected chi connectivity index (χ3v) is 11.9. The highest BCUT2D eigenvalue weighted by Crippen LogP contribution is 2.23. The fraction of sp³-hybridized carbons (Fsp3) is 0.980. The van der Waals surface area contributed by atoms with Crippen molar-refractivity contribution in [3.63, 3.8) is 0 Å². The van der Waals surface area contributed by atoms with Crippen LogP contribution in [0.15, 0.2) is 0 Å². The zero-order valence-electron chi connectivity index (χ0n) is 38.9. The molecule has 0 fully saturated rings. The minimum absolute atomic E-state index is 0.0416. The van der Waals surface area contributed by atoms with Gasteiger partial charge < -0.3 is 34.1 Å². The first-order chi connectivity index (χ1) is 27.9. The normalized spacial score (nSPS) is 13.1. The molecule has 0 spiro atoms. The summed E-state index contributed by atoms with van der Waals surface area (Å²) in [5.74, 6) is 1.92. The molecule has 0 aliphatic carbocycles. The van der Waals surface area contributed by atoms with E-state index in [4.69, 9.17) is 18.9 Å². The van der Waals surface area contributed by atoms with E-state index in [0.29, 0.717) is 44.9 Å². The van der Waals surface area contributed by atoms with E-state index in [-0.39, 0.29) is 18.9 Å². The number of carbonyl (C=O) groups excluding carboxylic acids is 1. The summed E-state index contributed by atoms with van der Waals surface area (Å²) in [5.41, 5.74) is 0. The average molecular weight is 814 g/mol. The highest BCUT2D eigenvalue weighted by molar-refractivity contribution is 5.69. The molecular formula is C49H99NO7. The van der Waals surface area contributed by atoms with Crippen molar-refractivity contribution in [1.82, 2.24) is 4.90 Å². The Labute approximate surface area is 354 Å².